The van der Waals surface area contributed by atoms with Gasteiger partial charge in [-0.15, -0.1) is 0 Å². The highest BCUT2D eigenvalue weighted by atomic mass is 32.2. The minimum absolute atomic E-state index is 0.136. The average Bonchev–Trinajstić information content (AvgIpc) is 3.23. The van der Waals surface area contributed by atoms with Crippen LogP contribution < -0.4 is 9.46 Å². The molecular formula is C21H14F2N4O3S. The van der Waals surface area contributed by atoms with Crippen molar-refractivity contribution in [3.8, 4) is 17.6 Å². The predicted octanol–water partition coefficient (Wildman–Crippen LogP) is 3.45. The molecule has 2 aromatic heterocycles. The van der Waals surface area contributed by atoms with E-state index in [1.165, 1.54) is 31.5 Å². The lowest BCUT2D eigenvalue weighted by molar-refractivity contribution is 0.413. The van der Waals surface area contributed by atoms with Gasteiger partial charge in [-0.3, -0.25) is 9.82 Å². The number of benzene rings is 2. The first kappa shape index (κ1) is 20.3. The van der Waals surface area contributed by atoms with E-state index >= 15 is 0 Å². The number of fused-ring (bicyclic) bond motifs is 1. The quantitative estimate of drug-likeness (QED) is 0.474. The Labute approximate surface area is 176 Å². The van der Waals surface area contributed by atoms with E-state index < -0.39 is 32.9 Å². The van der Waals surface area contributed by atoms with Crippen LogP contribution in [0.2, 0.25) is 0 Å². The number of aromatic nitrogens is 3. The highest BCUT2D eigenvalue weighted by molar-refractivity contribution is 7.92. The van der Waals surface area contributed by atoms with Crippen LogP contribution in [-0.2, 0) is 10.0 Å². The zero-order valence-electron chi connectivity index (χ0n) is 16.0. The molecule has 0 atom stereocenters. The van der Waals surface area contributed by atoms with Crippen LogP contribution in [0.1, 0.15) is 11.1 Å². The molecule has 0 saturated carbocycles. The summed E-state index contributed by atoms with van der Waals surface area (Å²) in [5.74, 6) is 3.31. The van der Waals surface area contributed by atoms with E-state index in [0.717, 1.165) is 12.1 Å². The summed E-state index contributed by atoms with van der Waals surface area (Å²) >= 11 is 0. The number of rotatable bonds is 4. The summed E-state index contributed by atoms with van der Waals surface area (Å²) in [4.78, 5) is 3.97. The van der Waals surface area contributed by atoms with E-state index in [2.05, 4.69) is 31.7 Å². The number of pyridine rings is 1. The first-order chi connectivity index (χ1) is 14.9. The fourth-order valence-corrected chi connectivity index (χ4v) is 3.85. The van der Waals surface area contributed by atoms with Crippen LogP contribution in [0.25, 0.3) is 11.0 Å². The van der Waals surface area contributed by atoms with Gasteiger partial charge in [0.15, 0.2) is 11.5 Å². The van der Waals surface area contributed by atoms with Crippen molar-refractivity contribution in [2.45, 2.75) is 4.90 Å². The molecule has 0 spiro atoms. The Morgan fingerprint density at radius 2 is 1.94 bits per heavy atom. The lowest BCUT2D eigenvalue weighted by Crippen LogP contribution is -2.14. The number of H-pyrrole nitrogens is 1. The molecule has 4 rings (SSSR count). The van der Waals surface area contributed by atoms with Crippen molar-refractivity contribution in [1.82, 2.24) is 15.2 Å². The van der Waals surface area contributed by atoms with Crippen molar-refractivity contribution < 1.29 is 21.9 Å². The van der Waals surface area contributed by atoms with Crippen LogP contribution >= 0.6 is 0 Å². The summed E-state index contributed by atoms with van der Waals surface area (Å²) < 4.78 is 61.5. The molecule has 0 aliphatic heterocycles. The van der Waals surface area contributed by atoms with Gasteiger partial charge in [-0.05, 0) is 30.3 Å². The molecule has 2 heterocycles. The molecule has 31 heavy (non-hydrogen) atoms. The third-order valence-corrected chi connectivity index (χ3v) is 5.67. The first-order valence-corrected chi connectivity index (χ1v) is 10.3. The molecule has 0 unspecified atom stereocenters. The fourth-order valence-electron chi connectivity index (χ4n) is 2.76. The molecule has 0 aliphatic rings. The minimum atomic E-state index is -4.14. The maximum atomic E-state index is 14.9. The predicted molar refractivity (Wildman–Crippen MR) is 110 cm³/mol. The van der Waals surface area contributed by atoms with E-state index in [4.69, 9.17) is 4.74 Å². The fraction of sp³-hybridized carbons (Fsp3) is 0.0476. The number of hydrogen-bond donors (Lipinski definition) is 2. The maximum absolute atomic E-state index is 14.9. The van der Waals surface area contributed by atoms with E-state index in [-0.39, 0.29) is 4.90 Å². The lowest BCUT2D eigenvalue weighted by atomic mass is 10.1. The zero-order valence-corrected chi connectivity index (χ0v) is 16.8. The van der Waals surface area contributed by atoms with Crippen LogP contribution in [-0.4, -0.2) is 30.7 Å². The molecule has 0 amide bonds. The first-order valence-electron chi connectivity index (χ1n) is 8.83. The topological polar surface area (TPSA) is 97.0 Å². The van der Waals surface area contributed by atoms with Gasteiger partial charge in [-0.25, -0.2) is 22.2 Å². The Bertz CT molecular complexity index is 1460. The van der Waals surface area contributed by atoms with E-state index in [0.29, 0.717) is 22.3 Å². The van der Waals surface area contributed by atoms with Gasteiger partial charge in [0, 0.05) is 23.2 Å². The van der Waals surface area contributed by atoms with Crippen molar-refractivity contribution in [3.05, 3.63) is 77.6 Å². The summed E-state index contributed by atoms with van der Waals surface area (Å²) in [5, 5.41) is 7.22. The standard InChI is InChI=1S/C21H14F2N4O3S/c1-30-15-3-2-4-16(10-15)31(28,29)27-19-8-7-18(22)17(20(19)23)6-5-13-9-14-12-25-26-21(14)24-11-13/h2-4,7-12,27H,1H3,(H,24,25,26). The van der Waals surface area contributed by atoms with Crippen LogP contribution in [0.5, 0.6) is 5.75 Å². The maximum Gasteiger partial charge on any atom is 0.262 e. The molecular weight excluding hydrogens is 426 g/mol. The molecule has 0 radical (unpaired) electrons. The molecule has 2 N–H and O–H groups in total. The van der Waals surface area contributed by atoms with Crippen molar-refractivity contribution in [2.24, 2.45) is 0 Å². The Balaban J connectivity index is 1.68. The lowest BCUT2D eigenvalue weighted by Gasteiger charge is -2.11. The van der Waals surface area contributed by atoms with Gasteiger partial charge in [-0.1, -0.05) is 17.9 Å². The molecule has 0 fully saturated rings. The highest BCUT2D eigenvalue weighted by Crippen LogP contribution is 2.25. The Morgan fingerprint density at radius 3 is 2.74 bits per heavy atom. The molecule has 4 aromatic rings. The van der Waals surface area contributed by atoms with Gasteiger partial charge in [0.05, 0.1) is 29.5 Å². The third-order valence-electron chi connectivity index (χ3n) is 4.31. The Morgan fingerprint density at radius 1 is 1.10 bits per heavy atom. The van der Waals surface area contributed by atoms with Crippen molar-refractivity contribution in [1.29, 1.82) is 0 Å². The van der Waals surface area contributed by atoms with Crippen LogP contribution in [0.3, 0.4) is 0 Å². The SMILES string of the molecule is COc1cccc(S(=O)(=O)Nc2ccc(F)c(C#Cc3cnc4[nH]ncc4c3)c2F)c1. The van der Waals surface area contributed by atoms with E-state index in [1.807, 2.05) is 0 Å². The second kappa shape index (κ2) is 8.04. The zero-order chi connectivity index (χ0) is 22.0. The number of aromatic amines is 1. The molecule has 156 valence electrons. The van der Waals surface area contributed by atoms with Gasteiger partial charge in [0.2, 0.25) is 0 Å². The van der Waals surface area contributed by atoms with Gasteiger partial charge >= 0.3 is 0 Å². The largest absolute Gasteiger partial charge is 0.497 e. The Kier molecular flexibility index (Phi) is 5.27. The van der Waals surface area contributed by atoms with Gasteiger partial charge in [0.25, 0.3) is 10.0 Å². The van der Waals surface area contributed by atoms with Gasteiger partial charge < -0.3 is 4.74 Å². The minimum Gasteiger partial charge on any atom is -0.497 e. The molecule has 7 nitrogen and oxygen atoms in total. The normalized spacial score (nSPS) is 11.1. The number of methoxy groups -OCH3 is 1. The van der Waals surface area contributed by atoms with Crippen molar-refractivity contribution >= 4 is 26.7 Å². The monoisotopic (exact) mass is 440 g/mol. The summed E-state index contributed by atoms with van der Waals surface area (Å²) in [6.07, 6.45) is 2.97. The number of hydrogen-bond acceptors (Lipinski definition) is 5. The van der Waals surface area contributed by atoms with Crippen LogP contribution in [0.4, 0.5) is 14.5 Å². The second-order valence-electron chi connectivity index (χ2n) is 6.35. The molecule has 0 saturated heterocycles. The third kappa shape index (κ3) is 4.17. The van der Waals surface area contributed by atoms with Crippen LogP contribution in [0, 0.1) is 23.5 Å². The smallest absolute Gasteiger partial charge is 0.262 e. The van der Waals surface area contributed by atoms with Crippen molar-refractivity contribution in [2.75, 3.05) is 11.8 Å². The number of nitrogens with one attached hydrogen (secondary N) is 2. The molecule has 2 aromatic carbocycles. The number of halogens is 2. The molecule has 10 heteroatoms. The molecule has 0 bridgehead atoms. The number of sulfonamides is 1. The summed E-state index contributed by atoms with van der Waals surface area (Å²) in [6.45, 7) is 0. The average molecular weight is 440 g/mol. The summed E-state index contributed by atoms with van der Waals surface area (Å²) in [7, 11) is -2.75. The van der Waals surface area contributed by atoms with E-state index in [1.54, 1.807) is 18.3 Å². The van der Waals surface area contributed by atoms with Crippen molar-refractivity contribution in [3.63, 3.8) is 0 Å². The summed E-state index contributed by atoms with van der Waals surface area (Å²) in [6, 6.07) is 9.25. The highest BCUT2D eigenvalue weighted by Gasteiger charge is 2.20. The Hall–Kier alpha value is -3.97. The number of nitrogens with zero attached hydrogens (tertiary/aromatic N) is 2. The van der Waals surface area contributed by atoms with Gasteiger partial charge in [-0.2, -0.15) is 5.10 Å². The second-order valence-corrected chi connectivity index (χ2v) is 8.03. The van der Waals surface area contributed by atoms with Gasteiger partial charge in [0.1, 0.15) is 11.6 Å². The number of ether oxygens (including phenoxy) is 1. The number of anilines is 1. The summed E-state index contributed by atoms with van der Waals surface area (Å²) in [5.41, 5.74) is -0.0398. The van der Waals surface area contributed by atoms with E-state index in [9.17, 15) is 17.2 Å². The van der Waals surface area contributed by atoms with Crippen LogP contribution in [0.15, 0.2) is 59.8 Å². The molecule has 0 aliphatic carbocycles.